The molecule has 1 heterocycles. The van der Waals surface area contributed by atoms with Gasteiger partial charge >= 0.3 is 0 Å². The van der Waals surface area contributed by atoms with Gasteiger partial charge < -0.3 is 14.8 Å². The van der Waals surface area contributed by atoms with Crippen LogP contribution in [0.5, 0.6) is 11.5 Å². The summed E-state index contributed by atoms with van der Waals surface area (Å²) in [6, 6.07) is 10.8. The normalized spacial score (nSPS) is 14.5. The molecule has 0 saturated carbocycles. The van der Waals surface area contributed by atoms with Crippen LogP contribution in [0.3, 0.4) is 0 Å². The van der Waals surface area contributed by atoms with Gasteiger partial charge in [-0.05, 0) is 69.5 Å². The predicted octanol–water partition coefficient (Wildman–Crippen LogP) is 4.07. The van der Waals surface area contributed by atoms with Crippen molar-refractivity contribution in [2.45, 2.75) is 46.7 Å². The fraction of sp³-hybridized carbons (Fsp3) is 0.417. The molecule has 0 fully saturated rings. The number of hydrogen-bond donors (Lipinski definition) is 1. The molecule has 160 valence electrons. The van der Waals surface area contributed by atoms with E-state index in [0.29, 0.717) is 31.0 Å². The zero-order valence-electron chi connectivity index (χ0n) is 18.2. The molecule has 6 heteroatoms. The van der Waals surface area contributed by atoms with Gasteiger partial charge in [0.2, 0.25) is 5.91 Å². The van der Waals surface area contributed by atoms with E-state index in [4.69, 9.17) is 9.47 Å². The Morgan fingerprint density at radius 3 is 2.37 bits per heavy atom. The molecule has 0 spiro atoms. The number of carbonyl (C=O) groups is 2. The maximum absolute atomic E-state index is 12.8. The minimum atomic E-state index is -0.304. The summed E-state index contributed by atoms with van der Waals surface area (Å²) in [6.07, 6.45) is 0.846. The number of rotatable bonds is 8. The molecule has 0 radical (unpaired) electrons. The minimum absolute atomic E-state index is 0.0247. The quantitative estimate of drug-likeness (QED) is 0.665. The van der Waals surface area contributed by atoms with E-state index in [2.05, 4.69) is 16.3 Å². The predicted molar refractivity (Wildman–Crippen MR) is 117 cm³/mol. The van der Waals surface area contributed by atoms with Crippen molar-refractivity contribution in [1.29, 1.82) is 0 Å². The first-order valence-electron chi connectivity index (χ1n) is 10.5. The highest BCUT2D eigenvalue weighted by molar-refractivity contribution is 5.98. The highest BCUT2D eigenvalue weighted by atomic mass is 16.5. The summed E-state index contributed by atoms with van der Waals surface area (Å²) in [4.78, 5) is 26.6. The topological polar surface area (TPSA) is 67.9 Å². The van der Waals surface area contributed by atoms with Gasteiger partial charge in [0, 0.05) is 24.3 Å². The number of amides is 1. The van der Waals surface area contributed by atoms with Crippen LogP contribution in [-0.2, 0) is 17.8 Å². The third-order valence-electron chi connectivity index (χ3n) is 5.37. The summed E-state index contributed by atoms with van der Waals surface area (Å²) in [6.45, 7) is 9.96. The summed E-state index contributed by atoms with van der Waals surface area (Å²) in [5.74, 6) is 1.42. The molecule has 0 aromatic heterocycles. The van der Waals surface area contributed by atoms with Gasteiger partial charge in [0.1, 0.15) is 0 Å². The largest absolute Gasteiger partial charge is 0.490 e. The molecular weight excluding hydrogens is 380 g/mol. The van der Waals surface area contributed by atoms with Crippen molar-refractivity contribution < 1.29 is 19.1 Å². The number of Topliss-reactive ketones (excluding diaryl/α,β-unsaturated/α-hetero) is 1. The maximum Gasteiger partial charge on any atom is 0.241 e. The van der Waals surface area contributed by atoms with Crippen LogP contribution < -0.4 is 14.8 Å². The smallest absolute Gasteiger partial charge is 0.241 e. The Labute approximate surface area is 178 Å². The molecule has 1 N–H and O–H groups in total. The number of anilines is 1. The highest BCUT2D eigenvalue weighted by Crippen LogP contribution is 2.34. The van der Waals surface area contributed by atoms with Crippen LogP contribution in [0.25, 0.3) is 0 Å². The Morgan fingerprint density at radius 2 is 1.73 bits per heavy atom. The lowest BCUT2D eigenvalue weighted by Gasteiger charge is -2.33. The number of hydrogen-bond acceptors (Lipinski definition) is 5. The van der Waals surface area contributed by atoms with Crippen molar-refractivity contribution in [3.63, 3.8) is 0 Å². The number of benzene rings is 2. The van der Waals surface area contributed by atoms with E-state index in [1.165, 1.54) is 12.5 Å². The van der Waals surface area contributed by atoms with E-state index >= 15 is 0 Å². The van der Waals surface area contributed by atoms with Crippen LogP contribution in [0.4, 0.5) is 5.69 Å². The van der Waals surface area contributed by atoms with Crippen molar-refractivity contribution >= 4 is 17.4 Å². The molecule has 6 nitrogen and oxygen atoms in total. The van der Waals surface area contributed by atoms with Crippen LogP contribution in [0.1, 0.15) is 49.2 Å². The lowest BCUT2D eigenvalue weighted by molar-refractivity contribution is -0.121. The molecule has 1 aliphatic heterocycles. The van der Waals surface area contributed by atoms with Gasteiger partial charge in [0.05, 0.1) is 19.3 Å². The first-order chi connectivity index (χ1) is 14.4. The van der Waals surface area contributed by atoms with Crippen LogP contribution >= 0.6 is 0 Å². The third-order valence-corrected chi connectivity index (χ3v) is 5.37. The summed E-state index contributed by atoms with van der Waals surface area (Å²) in [7, 11) is 0. The lowest BCUT2D eigenvalue weighted by Crippen LogP contribution is -2.44. The van der Waals surface area contributed by atoms with Gasteiger partial charge in [0.25, 0.3) is 0 Å². The van der Waals surface area contributed by atoms with Gasteiger partial charge in [-0.15, -0.1) is 0 Å². The lowest BCUT2D eigenvalue weighted by atomic mass is 9.97. The summed E-state index contributed by atoms with van der Waals surface area (Å²) < 4.78 is 11.5. The molecule has 0 aliphatic carbocycles. The molecule has 2 aromatic carbocycles. The maximum atomic E-state index is 12.8. The van der Waals surface area contributed by atoms with Crippen molar-refractivity contribution in [3.8, 4) is 11.5 Å². The Kier molecular flexibility index (Phi) is 7.11. The van der Waals surface area contributed by atoms with Gasteiger partial charge in [-0.2, -0.15) is 0 Å². The summed E-state index contributed by atoms with van der Waals surface area (Å²) >= 11 is 0. The van der Waals surface area contributed by atoms with E-state index in [9.17, 15) is 9.59 Å². The molecule has 30 heavy (non-hydrogen) atoms. The second kappa shape index (κ2) is 9.76. The van der Waals surface area contributed by atoms with E-state index in [0.717, 1.165) is 30.0 Å². The van der Waals surface area contributed by atoms with E-state index in [-0.39, 0.29) is 17.7 Å². The number of nitrogens with one attached hydrogen (secondary N) is 1. The SMILES string of the molecule is CCOc1cc2c(cc1OCC)CN([C@H](C)C(=O)Nc1cccc(C(C)=O)c1)CC2. The number of ether oxygens (including phenoxy) is 2. The number of ketones is 1. The second-order valence-electron chi connectivity index (χ2n) is 7.46. The summed E-state index contributed by atoms with van der Waals surface area (Å²) in [5, 5.41) is 2.94. The van der Waals surface area contributed by atoms with Crippen molar-refractivity contribution in [3.05, 3.63) is 53.1 Å². The van der Waals surface area contributed by atoms with Gasteiger partial charge in [-0.1, -0.05) is 12.1 Å². The molecule has 0 saturated heterocycles. The van der Waals surface area contributed by atoms with Crippen molar-refractivity contribution in [1.82, 2.24) is 4.90 Å². The molecule has 2 aromatic rings. The molecule has 1 amide bonds. The monoisotopic (exact) mass is 410 g/mol. The molecule has 1 aliphatic rings. The van der Waals surface area contributed by atoms with Gasteiger partial charge in [-0.3, -0.25) is 14.5 Å². The zero-order chi connectivity index (χ0) is 21.7. The second-order valence-corrected chi connectivity index (χ2v) is 7.46. The van der Waals surface area contributed by atoms with Crippen molar-refractivity contribution in [2.24, 2.45) is 0 Å². The van der Waals surface area contributed by atoms with Gasteiger partial charge in [-0.25, -0.2) is 0 Å². The standard InChI is InChI=1S/C24H30N2O4/c1-5-29-22-13-19-10-11-26(15-20(19)14-23(22)30-6-2)16(3)24(28)25-21-9-7-8-18(12-21)17(4)27/h7-9,12-14,16H,5-6,10-11,15H2,1-4H3,(H,25,28)/t16-/m1/s1. The third kappa shape index (κ3) is 5.00. The fourth-order valence-electron chi connectivity index (χ4n) is 3.68. The first kappa shape index (κ1) is 21.8. The average Bonchev–Trinajstić information content (AvgIpc) is 2.73. The summed E-state index contributed by atoms with van der Waals surface area (Å²) in [5.41, 5.74) is 3.61. The minimum Gasteiger partial charge on any atom is -0.490 e. The molecule has 1 atom stereocenters. The van der Waals surface area contributed by atoms with Crippen molar-refractivity contribution in [2.75, 3.05) is 25.1 Å². The number of nitrogens with zero attached hydrogens (tertiary/aromatic N) is 1. The van der Waals surface area contributed by atoms with Gasteiger partial charge in [0.15, 0.2) is 17.3 Å². The Balaban J connectivity index is 1.72. The number of carbonyl (C=O) groups excluding carboxylic acids is 2. The van der Waals surface area contributed by atoms with E-state index in [1.54, 1.807) is 24.3 Å². The van der Waals surface area contributed by atoms with Crippen LogP contribution in [0, 0.1) is 0 Å². The average molecular weight is 411 g/mol. The fourth-order valence-corrected chi connectivity index (χ4v) is 3.68. The Hall–Kier alpha value is -2.86. The Morgan fingerprint density at radius 1 is 1.07 bits per heavy atom. The van der Waals surface area contributed by atoms with E-state index in [1.807, 2.05) is 26.8 Å². The molecule has 0 bridgehead atoms. The van der Waals surface area contributed by atoms with Crippen LogP contribution in [0.2, 0.25) is 0 Å². The van der Waals surface area contributed by atoms with Crippen LogP contribution in [-0.4, -0.2) is 42.4 Å². The molecule has 3 rings (SSSR count). The number of fused-ring (bicyclic) bond motifs is 1. The molecular formula is C24H30N2O4. The van der Waals surface area contributed by atoms with E-state index < -0.39 is 0 Å². The highest BCUT2D eigenvalue weighted by Gasteiger charge is 2.27. The first-order valence-corrected chi connectivity index (χ1v) is 10.5. The zero-order valence-corrected chi connectivity index (χ0v) is 18.2. The van der Waals surface area contributed by atoms with Crippen LogP contribution in [0.15, 0.2) is 36.4 Å². The Bertz CT molecular complexity index is 925. The molecule has 0 unspecified atom stereocenters.